The summed E-state index contributed by atoms with van der Waals surface area (Å²) in [6.07, 6.45) is 3.74. The highest BCUT2D eigenvalue weighted by atomic mass is 32.1. The van der Waals surface area contributed by atoms with Gasteiger partial charge in [0, 0.05) is 25.5 Å². The van der Waals surface area contributed by atoms with Crippen molar-refractivity contribution < 1.29 is 19.1 Å². The number of amides is 1. The molecular formula is C16H18N2O4S. The maximum atomic E-state index is 12.3. The maximum Gasteiger partial charge on any atom is 0.350 e. The van der Waals surface area contributed by atoms with Gasteiger partial charge in [0.2, 0.25) is 0 Å². The average Bonchev–Trinajstić information content (AvgIpc) is 3.22. The van der Waals surface area contributed by atoms with Gasteiger partial charge in [0.15, 0.2) is 6.61 Å². The Bertz CT molecular complexity index is 680. The lowest BCUT2D eigenvalue weighted by atomic mass is 10.3. The van der Waals surface area contributed by atoms with Crippen molar-refractivity contribution in [1.82, 2.24) is 9.47 Å². The number of hydrogen-bond donors (Lipinski definition) is 0. The molecule has 23 heavy (non-hydrogen) atoms. The van der Waals surface area contributed by atoms with E-state index in [4.69, 9.17) is 9.47 Å². The number of carbonyl (C=O) groups excluding carboxylic acids is 2. The minimum Gasteiger partial charge on any atom is -0.451 e. The number of esters is 1. The second-order valence-corrected chi connectivity index (χ2v) is 6.24. The number of thiophene rings is 1. The molecule has 6 nitrogen and oxygen atoms in total. The van der Waals surface area contributed by atoms with E-state index in [1.807, 2.05) is 47.5 Å². The zero-order valence-corrected chi connectivity index (χ0v) is 13.6. The number of ether oxygens (including phenoxy) is 2. The Morgan fingerprint density at radius 3 is 2.91 bits per heavy atom. The number of carbonyl (C=O) groups is 2. The van der Waals surface area contributed by atoms with E-state index in [9.17, 15) is 9.59 Å². The zero-order valence-electron chi connectivity index (χ0n) is 12.8. The second-order valence-electron chi connectivity index (χ2n) is 5.32. The third kappa shape index (κ3) is 3.62. The maximum absolute atomic E-state index is 12.3. The Morgan fingerprint density at radius 2 is 2.17 bits per heavy atom. The van der Waals surface area contributed by atoms with Gasteiger partial charge < -0.3 is 18.9 Å². The molecule has 0 bridgehead atoms. The Hall–Kier alpha value is -2.12. The number of nitrogens with zero attached hydrogens (tertiary/aromatic N) is 2. The van der Waals surface area contributed by atoms with E-state index in [1.165, 1.54) is 11.3 Å². The Kier molecular flexibility index (Phi) is 4.78. The van der Waals surface area contributed by atoms with Crippen LogP contribution in [0.1, 0.15) is 16.6 Å². The van der Waals surface area contributed by atoms with E-state index in [2.05, 4.69) is 0 Å². The van der Waals surface area contributed by atoms with Gasteiger partial charge in [0.05, 0.1) is 18.4 Å². The van der Waals surface area contributed by atoms with Gasteiger partial charge >= 0.3 is 5.97 Å². The molecular weight excluding hydrogens is 316 g/mol. The van der Waals surface area contributed by atoms with Crippen LogP contribution in [0.25, 0.3) is 5.69 Å². The molecule has 2 aromatic heterocycles. The van der Waals surface area contributed by atoms with Crippen LogP contribution in [0.3, 0.4) is 0 Å². The van der Waals surface area contributed by atoms with Crippen LogP contribution in [0.15, 0.2) is 36.0 Å². The quantitative estimate of drug-likeness (QED) is 0.802. The molecule has 3 heterocycles. The van der Waals surface area contributed by atoms with E-state index in [1.54, 1.807) is 4.90 Å². The standard InChI is InChI=1S/C16H18N2O4S/c1-12-10-18(7-8-21-12)14(19)11-22-16(20)15-13(4-9-23-15)17-5-2-3-6-17/h2-6,9,12H,7-8,10-11H2,1H3. The smallest absolute Gasteiger partial charge is 0.350 e. The fourth-order valence-electron chi connectivity index (χ4n) is 2.48. The van der Waals surface area contributed by atoms with Crippen molar-refractivity contribution in [3.63, 3.8) is 0 Å². The summed E-state index contributed by atoms with van der Waals surface area (Å²) < 4.78 is 12.4. The van der Waals surface area contributed by atoms with Crippen molar-refractivity contribution in [2.75, 3.05) is 26.3 Å². The van der Waals surface area contributed by atoms with Crippen LogP contribution in [-0.2, 0) is 14.3 Å². The van der Waals surface area contributed by atoms with Gasteiger partial charge in [0.25, 0.3) is 5.91 Å². The normalized spacial score (nSPS) is 18.0. The fraction of sp³-hybridized carbons (Fsp3) is 0.375. The molecule has 2 aromatic rings. The summed E-state index contributed by atoms with van der Waals surface area (Å²) in [5.41, 5.74) is 0.762. The lowest BCUT2D eigenvalue weighted by Gasteiger charge is -2.30. The molecule has 1 amide bonds. The summed E-state index contributed by atoms with van der Waals surface area (Å²) in [4.78, 5) is 26.5. The highest BCUT2D eigenvalue weighted by Gasteiger charge is 2.23. The first kappa shape index (κ1) is 15.8. The number of hydrogen-bond acceptors (Lipinski definition) is 5. The number of aromatic nitrogens is 1. The molecule has 1 aliphatic rings. The molecule has 122 valence electrons. The first-order chi connectivity index (χ1) is 11.1. The van der Waals surface area contributed by atoms with Gasteiger partial charge in [-0.25, -0.2) is 4.79 Å². The predicted octanol–water partition coefficient (Wildman–Crippen LogP) is 1.94. The van der Waals surface area contributed by atoms with Crippen molar-refractivity contribution in [2.24, 2.45) is 0 Å². The largest absolute Gasteiger partial charge is 0.451 e. The van der Waals surface area contributed by atoms with Crippen LogP contribution in [0.2, 0.25) is 0 Å². The van der Waals surface area contributed by atoms with Gasteiger partial charge in [-0.2, -0.15) is 0 Å². The Labute approximate surface area is 138 Å². The molecule has 0 aromatic carbocycles. The minimum absolute atomic E-state index is 0.0149. The highest BCUT2D eigenvalue weighted by Crippen LogP contribution is 2.22. The summed E-state index contributed by atoms with van der Waals surface area (Å²) in [5.74, 6) is -0.661. The summed E-state index contributed by atoms with van der Waals surface area (Å²) in [6.45, 7) is 3.26. The second kappa shape index (κ2) is 6.97. The molecule has 1 unspecified atom stereocenters. The van der Waals surface area contributed by atoms with Crippen LogP contribution in [0.4, 0.5) is 0 Å². The molecule has 0 aliphatic carbocycles. The third-order valence-electron chi connectivity index (χ3n) is 3.63. The van der Waals surface area contributed by atoms with Crippen molar-refractivity contribution in [2.45, 2.75) is 13.0 Å². The lowest BCUT2D eigenvalue weighted by molar-refractivity contribution is -0.141. The lowest BCUT2D eigenvalue weighted by Crippen LogP contribution is -2.46. The Morgan fingerprint density at radius 1 is 1.39 bits per heavy atom. The van der Waals surface area contributed by atoms with Crippen LogP contribution in [-0.4, -0.2) is 53.8 Å². The average molecular weight is 334 g/mol. The number of rotatable bonds is 4. The Balaban J connectivity index is 1.60. The summed E-state index contributed by atoms with van der Waals surface area (Å²) >= 11 is 1.30. The summed E-state index contributed by atoms with van der Waals surface area (Å²) in [7, 11) is 0. The van der Waals surface area contributed by atoms with Gasteiger partial charge in [-0.3, -0.25) is 4.79 Å². The molecule has 1 atom stereocenters. The number of morpholine rings is 1. The first-order valence-electron chi connectivity index (χ1n) is 7.42. The van der Waals surface area contributed by atoms with Crippen LogP contribution >= 0.6 is 11.3 Å². The van der Waals surface area contributed by atoms with Crippen molar-refractivity contribution in [3.8, 4) is 5.69 Å². The van der Waals surface area contributed by atoms with E-state index < -0.39 is 5.97 Å². The molecule has 3 rings (SSSR count). The molecule has 0 saturated carbocycles. The third-order valence-corrected chi connectivity index (χ3v) is 4.52. The summed E-state index contributed by atoms with van der Waals surface area (Å²) in [6, 6.07) is 5.62. The molecule has 1 fully saturated rings. The van der Waals surface area contributed by atoms with Gasteiger partial charge in [-0.15, -0.1) is 11.3 Å². The van der Waals surface area contributed by atoms with Crippen LogP contribution in [0.5, 0.6) is 0 Å². The molecule has 0 spiro atoms. The molecule has 0 N–H and O–H groups in total. The van der Waals surface area contributed by atoms with Crippen molar-refractivity contribution >= 4 is 23.2 Å². The monoisotopic (exact) mass is 334 g/mol. The van der Waals surface area contributed by atoms with Gasteiger partial charge in [-0.05, 0) is 30.5 Å². The van der Waals surface area contributed by atoms with Gasteiger partial charge in [0.1, 0.15) is 4.88 Å². The summed E-state index contributed by atoms with van der Waals surface area (Å²) in [5, 5.41) is 1.83. The minimum atomic E-state index is -0.474. The van der Waals surface area contributed by atoms with E-state index in [-0.39, 0.29) is 18.6 Å². The van der Waals surface area contributed by atoms with Crippen LogP contribution in [0, 0.1) is 0 Å². The van der Waals surface area contributed by atoms with Crippen LogP contribution < -0.4 is 0 Å². The van der Waals surface area contributed by atoms with Crippen molar-refractivity contribution in [3.05, 3.63) is 40.8 Å². The molecule has 7 heteroatoms. The van der Waals surface area contributed by atoms with Crippen molar-refractivity contribution in [1.29, 1.82) is 0 Å². The fourth-order valence-corrected chi connectivity index (χ4v) is 3.27. The SMILES string of the molecule is CC1CN(C(=O)COC(=O)c2sccc2-n2cccc2)CCO1. The molecule has 0 radical (unpaired) electrons. The molecule has 1 saturated heterocycles. The first-order valence-corrected chi connectivity index (χ1v) is 8.30. The predicted molar refractivity (Wildman–Crippen MR) is 85.9 cm³/mol. The van der Waals surface area contributed by atoms with Gasteiger partial charge in [-0.1, -0.05) is 0 Å². The topological polar surface area (TPSA) is 60.8 Å². The van der Waals surface area contributed by atoms with E-state index in [0.717, 1.165) is 5.69 Å². The highest BCUT2D eigenvalue weighted by molar-refractivity contribution is 7.12. The van der Waals surface area contributed by atoms with E-state index in [0.29, 0.717) is 24.6 Å². The molecule has 1 aliphatic heterocycles. The zero-order chi connectivity index (χ0) is 16.2. The van der Waals surface area contributed by atoms with E-state index >= 15 is 0 Å².